The molecule has 3 rings (SSSR count). The van der Waals surface area contributed by atoms with Crippen LogP contribution in [0, 0.1) is 5.82 Å². The average Bonchev–Trinajstić information content (AvgIpc) is 3.22. The Hall–Kier alpha value is -3.49. The zero-order chi connectivity index (χ0) is 19.2. The van der Waals surface area contributed by atoms with Gasteiger partial charge in [0.1, 0.15) is 17.3 Å². The van der Waals surface area contributed by atoms with E-state index in [1.165, 1.54) is 31.4 Å². The molecule has 0 fully saturated rings. The standard InChI is InChI=1S/C18H18FN5O3/c1-26-14-8-3-11(16(10-14)27-2)9-15(17-21-23-24-22-17)18(25)20-13-6-4-12(19)5-7-13/h3-8,10,15H,9H2,1-2H3,(H2,20,21,22,23,24,25)/p-1/t15-/m0/s1. The van der Waals surface area contributed by atoms with Crippen molar-refractivity contribution in [1.82, 2.24) is 20.6 Å². The molecule has 0 aliphatic heterocycles. The van der Waals surface area contributed by atoms with Crippen LogP contribution in [0.4, 0.5) is 10.1 Å². The van der Waals surface area contributed by atoms with E-state index in [1.807, 2.05) is 0 Å². The summed E-state index contributed by atoms with van der Waals surface area (Å²) < 4.78 is 23.6. The van der Waals surface area contributed by atoms with Gasteiger partial charge in [-0.3, -0.25) is 15.1 Å². The summed E-state index contributed by atoms with van der Waals surface area (Å²) in [5.74, 6) is -0.119. The number of anilines is 1. The molecule has 1 aromatic heterocycles. The summed E-state index contributed by atoms with van der Waals surface area (Å²) in [5, 5.41) is 17.3. The van der Waals surface area contributed by atoms with Crippen LogP contribution in [-0.2, 0) is 11.2 Å². The van der Waals surface area contributed by atoms with Crippen molar-refractivity contribution in [3.63, 3.8) is 0 Å². The maximum absolute atomic E-state index is 13.1. The first-order chi connectivity index (χ1) is 13.1. The van der Waals surface area contributed by atoms with E-state index in [0.29, 0.717) is 17.2 Å². The molecule has 9 heteroatoms. The van der Waals surface area contributed by atoms with Crippen LogP contribution in [0.25, 0.3) is 0 Å². The number of ether oxygens (including phenoxy) is 2. The normalized spacial score (nSPS) is 11.7. The molecule has 140 valence electrons. The number of halogens is 1. The van der Waals surface area contributed by atoms with E-state index >= 15 is 0 Å². The van der Waals surface area contributed by atoms with Crippen LogP contribution >= 0.6 is 0 Å². The largest absolute Gasteiger partial charge is 0.497 e. The highest BCUT2D eigenvalue weighted by Crippen LogP contribution is 2.29. The number of nitrogens with zero attached hydrogens (tertiary/aromatic N) is 4. The Morgan fingerprint density at radius 1 is 1.19 bits per heavy atom. The van der Waals surface area contributed by atoms with Gasteiger partial charge < -0.3 is 19.9 Å². The van der Waals surface area contributed by atoms with Crippen LogP contribution in [0.15, 0.2) is 42.5 Å². The lowest BCUT2D eigenvalue weighted by molar-refractivity contribution is -0.117. The highest BCUT2D eigenvalue weighted by atomic mass is 19.1. The molecule has 0 aliphatic rings. The van der Waals surface area contributed by atoms with Gasteiger partial charge in [-0.2, -0.15) is 5.21 Å². The van der Waals surface area contributed by atoms with Crippen LogP contribution in [-0.4, -0.2) is 35.7 Å². The van der Waals surface area contributed by atoms with Crippen molar-refractivity contribution in [3.8, 4) is 11.5 Å². The van der Waals surface area contributed by atoms with Gasteiger partial charge in [0, 0.05) is 17.6 Å². The molecule has 3 aromatic rings. The van der Waals surface area contributed by atoms with Crippen LogP contribution < -0.4 is 19.9 Å². The number of hydrogen-bond donors (Lipinski definition) is 1. The molecule has 27 heavy (non-hydrogen) atoms. The number of aromatic nitrogens is 4. The predicted octanol–water partition coefficient (Wildman–Crippen LogP) is 1.95. The molecule has 0 unspecified atom stereocenters. The number of benzene rings is 2. The Morgan fingerprint density at radius 3 is 2.59 bits per heavy atom. The lowest BCUT2D eigenvalue weighted by Crippen LogP contribution is -2.24. The number of tetrazole rings is 1. The number of nitrogens with one attached hydrogen (secondary N) is 1. The maximum atomic E-state index is 13.1. The van der Waals surface area contributed by atoms with E-state index in [9.17, 15) is 9.18 Å². The molecule has 0 saturated heterocycles. The summed E-state index contributed by atoms with van der Waals surface area (Å²) in [4.78, 5) is 12.8. The van der Waals surface area contributed by atoms with Gasteiger partial charge in [-0.1, -0.05) is 6.07 Å². The highest BCUT2D eigenvalue weighted by molar-refractivity contribution is 5.95. The van der Waals surface area contributed by atoms with Crippen molar-refractivity contribution in [1.29, 1.82) is 0 Å². The smallest absolute Gasteiger partial charge is 0.232 e. The predicted molar refractivity (Wildman–Crippen MR) is 94.2 cm³/mol. The summed E-state index contributed by atoms with van der Waals surface area (Å²) in [7, 11) is 3.09. The Labute approximate surface area is 154 Å². The molecule has 1 amide bonds. The van der Waals surface area contributed by atoms with E-state index in [1.54, 1.807) is 25.3 Å². The second kappa shape index (κ2) is 8.26. The molecular formula is C18H17FN5O3-. The molecule has 0 aliphatic carbocycles. The van der Waals surface area contributed by atoms with Gasteiger partial charge in [-0.15, -0.1) is 0 Å². The van der Waals surface area contributed by atoms with Gasteiger partial charge in [-0.25, -0.2) is 4.39 Å². The van der Waals surface area contributed by atoms with Crippen LogP contribution in [0.5, 0.6) is 11.5 Å². The number of amides is 1. The number of rotatable bonds is 7. The molecule has 8 nitrogen and oxygen atoms in total. The van der Waals surface area contributed by atoms with Crippen molar-refractivity contribution in [2.45, 2.75) is 12.3 Å². The second-order valence-electron chi connectivity index (χ2n) is 5.67. The third-order valence-electron chi connectivity index (χ3n) is 3.99. The number of hydrogen-bond acceptors (Lipinski definition) is 6. The Morgan fingerprint density at radius 2 is 1.96 bits per heavy atom. The molecule has 1 heterocycles. The minimum Gasteiger partial charge on any atom is -0.497 e. The first-order valence-corrected chi connectivity index (χ1v) is 8.06. The zero-order valence-electron chi connectivity index (χ0n) is 14.7. The van der Waals surface area contributed by atoms with Gasteiger partial charge >= 0.3 is 0 Å². The fourth-order valence-electron chi connectivity index (χ4n) is 2.60. The number of methoxy groups -OCH3 is 2. The third kappa shape index (κ3) is 4.38. The molecule has 0 bridgehead atoms. The molecular weight excluding hydrogens is 353 g/mol. The van der Waals surface area contributed by atoms with Crippen LogP contribution in [0.1, 0.15) is 17.3 Å². The van der Waals surface area contributed by atoms with Crippen molar-refractivity contribution < 1.29 is 18.7 Å². The number of carbonyl (C=O) groups is 1. The van der Waals surface area contributed by atoms with Gasteiger partial charge in [0.05, 0.1) is 20.1 Å². The minimum absolute atomic E-state index is 0.187. The van der Waals surface area contributed by atoms with Gasteiger partial charge in [-0.05, 0) is 42.3 Å². The Bertz CT molecular complexity index is 900. The molecule has 0 spiro atoms. The lowest BCUT2D eigenvalue weighted by atomic mass is 9.96. The van der Waals surface area contributed by atoms with Crippen molar-refractivity contribution in [2.24, 2.45) is 0 Å². The van der Waals surface area contributed by atoms with E-state index in [0.717, 1.165) is 5.56 Å². The van der Waals surface area contributed by atoms with E-state index < -0.39 is 5.92 Å². The molecule has 0 radical (unpaired) electrons. The van der Waals surface area contributed by atoms with Gasteiger partial charge in [0.2, 0.25) is 5.91 Å². The fourth-order valence-corrected chi connectivity index (χ4v) is 2.60. The summed E-state index contributed by atoms with van der Waals surface area (Å²) >= 11 is 0. The Balaban J connectivity index is 1.86. The quantitative estimate of drug-likeness (QED) is 0.678. The molecule has 1 atom stereocenters. The maximum Gasteiger partial charge on any atom is 0.232 e. The summed E-state index contributed by atoms with van der Waals surface area (Å²) in [6, 6.07) is 10.8. The fraction of sp³-hybridized carbons (Fsp3) is 0.222. The van der Waals surface area contributed by atoms with Crippen molar-refractivity contribution >= 4 is 11.6 Å². The van der Waals surface area contributed by atoms with Crippen LogP contribution in [0.3, 0.4) is 0 Å². The first-order valence-electron chi connectivity index (χ1n) is 8.06. The molecule has 1 N–H and O–H groups in total. The zero-order valence-corrected chi connectivity index (χ0v) is 14.7. The number of carbonyl (C=O) groups excluding carboxylic acids is 1. The SMILES string of the molecule is COc1ccc(C[C@H](C(=O)Nc2ccc(F)cc2)c2nnn[n-]2)c(OC)c1. The van der Waals surface area contributed by atoms with Gasteiger partial charge in [0.15, 0.2) is 0 Å². The third-order valence-corrected chi connectivity index (χ3v) is 3.99. The lowest BCUT2D eigenvalue weighted by Gasteiger charge is -2.19. The Kier molecular flexibility index (Phi) is 5.60. The van der Waals surface area contributed by atoms with Crippen molar-refractivity contribution in [2.75, 3.05) is 19.5 Å². The van der Waals surface area contributed by atoms with Crippen molar-refractivity contribution in [3.05, 3.63) is 59.7 Å². The topological polar surface area (TPSA) is 100 Å². The highest BCUT2D eigenvalue weighted by Gasteiger charge is 2.23. The molecule has 2 aromatic carbocycles. The summed E-state index contributed by atoms with van der Waals surface area (Å²) in [6.45, 7) is 0. The summed E-state index contributed by atoms with van der Waals surface area (Å²) in [5.41, 5.74) is 1.22. The summed E-state index contributed by atoms with van der Waals surface area (Å²) in [6.07, 6.45) is 0.258. The molecule has 0 saturated carbocycles. The van der Waals surface area contributed by atoms with E-state index in [-0.39, 0.29) is 24.0 Å². The average molecular weight is 370 g/mol. The monoisotopic (exact) mass is 370 g/mol. The van der Waals surface area contributed by atoms with E-state index in [4.69, 9.17) is 9.47 Å². The van der Waals surface area contributed by atoms with Gasteiger partial charge in [0.25, 0.3) is 0 Å². The van der Waals surface area contributed by atoms with Crippen LogP contribution in [0.2, 0.25) is 0 Å². The second-order valence-corrected chi connectivity index (χ2v) is 5.67. The van der Waals surface area contributed by atoms with E-state index in [2.05, 4.69) is 25.9 Å². The first kappa shape index (κ1) is 18.3. The minimum atomic E-state index is -0.757.